The third kappa shape index (κ3) is 3.54. The molecular weight excluding hydrogens is 334 g/mol. The van der Waals surface area contributed by atoms with E-state index in [2.05, 4.69) is 16.5 Å². The van der Waals surface area contributed by atoms with Gasteiger partial charge in [-0.2, -0.15) is 0 Å². The van der Waals surface area contributed by atoms with E-state index in [4.69, 9.17) is 4.98 Å². The Hall–Kier alpha value is -1.95. The van der Waals surface area contributed by atoms with Crippen molar-refractivity contribution in [2.45, 2.75) is 51.8 Å². The van der Waals surface area contributed by atoms with E-state index < -0.39 is 9.84 Å². The molecule has 0 bridgehead atoms. The van der Waals surface area contributed by atoms with Gasteiger partial charge in [-0.15, -0.1) is 0 Å². The SMILES string of the molecule is CCCCc1nc2cnc3ccccc3c2n1CCS(=O)(=O)C(C)C. The van der Waals surface area contributed by atoms with E-state index in [-0.39, 0.29) is 11.0 Å². The number of unbranched alkanes of at least 4 members (excludes halogenated alkanes) is 1. The van der Waals surface area contributed by atoms with Gasteiger partial charge in [0.1, 0.15) is 11.3 Å². The summed E-state index contributed by atoms with van der Waals surface area (Å²) in [7, 11) is -3.10. The molecule has 25 heavy (non-hydrogen) atoms. The van der Waals surface area contributed by atoms with Gasteiger partial charge in [0, 0.05) is 18.4 Å². The van der Waals surface area contributed by atoms with Gasteiger partial charge in [-0.25, -0.2) is 13.4 Å². The molecule has 6 heteroatoms. The van der Waals surface area contributed by atoms with E-state index in [0.29, 0.717) is 6.54 Å². The second kappa shape index (κ2) is 7.12. The molecule has 0 aliphatic heterocycles. The Kier molecular flexibility index (Phi) is 5.08. The number of hydrogen-bond donors (Lipinski definition) is 0. The molecule has 134 valence electrons. The molecule has 0 radical (unpaired) electrons. The normalized spacial score (nSPS) is 12.5. The first-order valence-corrected chi connectivity index (χ1v) is 10.6. The number of hydrogen-bond acceptors (Lipinski definition) is 4. The number of aromatic nitrogens is 3. The van der Waals surface area contributed by atoms with E-state index in [0.717, 1.165) is 47.0 Å². The number of imidazole rings is 1. The lowest BCUT2D eigenvalue weighted by Gasteiger charge is -2.12. The smallest absolute Gasteiger partial charge is 0.154 e. The maximum absolute atomic E-state index is 12.3. The van der Waals surface area contributed by atoms with Crippen LogP contribution < -0.4 is 0 Å². The molecule has 0 unspecified atom stereocenters. The summed E-state index contributed by atoms with van der Waals surface area (Å²) in [4.78, 5) is 9.24. The highest BCUT2D eigenvalue weighted by molar-refractivity contribution is 7.91. The van der Waals surface area contributed by atoms with Crippen molar-refractivity contribution >= 4 is 31.8 Å². The molecule has 2 aromatic heterocycles. The van der Waals surface area contributed by atoms with Crippen molar-refractivity contribution in [3.05, 3.63) is 36.3 Å². The minimum absolute atomic E-state index is 0.131. The quantitative estimate of drug-likeness (QED) is 0.644. The molecule has 0 saturated carbocycles. The van der Waals surface area contributed by atoms with Gasteiger partial charge in [0.15, 0.2) is 9.84 Å². The summed E-state index contributed by atoms with van der Waals surface area (Å²) < 4.78 is 26.7. The number of nitrogens with zero attached hydrogens (tertiary/aromatic N) is 3. The zero-order chi connectivity index (χ0) is 18.0. The molecule has 0 saturated heterocycles. The lowest BCUT2D eigenvalue weighted by molar-refractivity contribution is 0.578. The fourth-order valence-electron chi connectivity index (χ4n) is 3.03. The monoisotopic (exact) mass is 359 g/mol. The van der Waals surface area contributed by atoms with E-state index in [1.165, 1.54) is 0 Å². The van der Waals surface area contributed by atoms with Crippen molar-refractivity contribution in [1.82, 2.24) is 14.5 Å². The number of rotatable bonds is 7. The summed E-state index contributed by atoms with van der Waals surface area (Å²) in [6.45, 7) is 6.05. The Bertz CT molecular complexity index is 990. The highest BCUT2D eigenvalue weighted by atomic mass is 32.2. The van der Waals surface area contributed by atoms with Crippen LogP contribution in [0.4, 0.5) is 0 Å². The van der Waals surface area contributed by atoms with Gasteiger partial charge < -0.3 is 4.57 Å². The topological polar surface area (TPSA) is 64.8 Å². The molecule has 0 fully saturated rings. The van der Waals surface area contributed by atoms with Gasteiger partial charge in [-0.1, -0.05) is 31.5 Å². The molecule has 0 atom stereocenters. The molecule has 0 aliphatic carbocycles. The van der Waals surface area contributed by atoms with Crippen LogP contribution in [0.15, 0.2) is 30.5 Å². The summed E-state index contributed by atoms with van der Waals surface area (Å²) in [5.74, 6) is 1.08. The van der Waals surface area contributed by atoms with E-state index >= 15 is 0 Å². The van der Waals surface area contributed by atoms with Gasteiger partial charge in [0.05, 0.1) is 28.2 Å². The van der Waals surface area contributed by atoms with E-state index in [1.807, 2.05) is 24.3 Å². The molecule has 0 N–H and O–H groups in total. The van der Waals surface area contributed by atoms with E-state index in [9.17, 15) is 8.42 Å². The summed E-state index contributed by atoms with van der Waals surface area (Å²) in [6, 6.07) is 7.95. The Morgan fingerprint density at radius 3 is 2.64 bits per heavy atom. The Balaban J connectivity index is 2.13. The first-order valence-electron chi connectivity index (χ1n) is 8.88. The molecule has 2 heterocycles. The molecule has 0 aliphatic rings. The average Bonchev–Trinajstić information content (AvgIpc) is 2.96. The predicted molar refractivity (Wildman–Crippen MR) is 103 cm³/mol. The largest absolute Gasteiger partial charge is 0.326 e. The Morgan fingerprint density at radius 2 is 1.92 bits per heavy atom. The minimum Gasteiger partial charge on any atom is -0.326 e. The van der Waals surface area contributed by atoms with Gasteiger partial charge in [0.2, 0.25) is 0 Å². The van der Waals surface area contributed by atoms with Crippen molar-refractivity contribution < 1.29 is 8.42 Å². The van der Waals surface area contributed by atoms with Crippen molar-refractivity contribution in [3.8, 4) is 0 Å². The standard InChI is InChI=1S/C19H25N3O2S/c1-4-5-10-18-21-17-13-20-16-9-7-6-8-15(16)19(17)22(18)11-12-25(23,24)14(2)3/h6-9,13-14H,4-5,10-12H2,1-3H3. The van der Waals surface area contributed by atoms with Crippen LogP contribution in [0, 0.1) is 0 Å². The van der Waals surface area contributed by atoms with Gasteiger partial charge in [0.25, 0.3) is 0 Å². The molecule has 3 rings (SSSR count). The lowest BCUT2D eigenvalue weighted by atomic mass is 10.2. The number of aryl methyl sites for hydroxylation is 2. The maximum atomic E-state index is 12.3. The van der Waals surface area contributed by atoms with Crippen LogP contribution in [0.2, 0.25) is 0 Å². The summed E-state index contributed by atoms with van der Waals surface area (Å²) in [5.41, 5.74) is 2.74. The van der Waals surface area contributed by atoms with Crippen LogP contribution >= 0.6 is 0 Å². The zero-order valence-corrected chi connectivity index (χ0v) is 15.9. The first-order chi connectivity index (χ1) is 11.9. The van der Waals surface area contributed by atoms with Gasteiger partial charge in [-0.3, -0.25) is 4.98 Å². The highest BCUT2D eigenvalue weighted by Gasteiger charge is 2.19. The van der Waals surface area contributed by atoms with Gasteiger partial charge >= 0.3 is 0 Å². The first kappa shape index (κ1) is 17.9. The Labute approximate surface area is 149 Å². The van der Waals surface area contributed by atoms with Crippen molar-refractivity contribution in [1.29, 1.82) is 0 Å². The summed E-state index contributed by atoms with van der Waals surface area (Å²) in [6.07, 6.45) is 4.75. The van der Waals surface area contributed by atoms with Crippen LogP contribution in [-0.4, -0.2) is 34.0 Å². The molecule has 0 amide bonds. The predicted octanol–water partition coefficient (Wildman–Crippen LogP) is 3.75. The van der Waals surface area contributed by atoms with Crippen LogP contribution in [0.5, 0.6) is 0 Å². The maximum Gasteiger partial charge on any atom is 0.154 e. The van der Waals surface area contributed by atoms with Crippen LogP contribution in [-0.2, 0) is 22.8 Å². The van der Waals surface area contributed by atoms with Crippen LogP contribution in [0.1, 0.15) is 39.4 Å². The second-order valence-corrected chi connectivity index (χ2v) is 9.38. The molecule has 1 aromatic carbocycles. The fourth-order valence-corrected chi connectivity index (χ4v) is 3.94. The van der Waals surface area contributed by atoms with Crippen molar-refractivity contribution in [2.75, 3.05) is 5.75 Å². The van der Waals surface area contributed by atoms with Crippen molar-refractivity contribution in [2.24, 2.45) is 0 Å². The number of pyridine rings is 1. The number of benzene rings is 1. The summed E-state index contributed by atoms with van der Waals surface area (Å²) >= 11 is 0. The molecule has 3 aromatic rings. The van der Waals surface area contributed by atoms with Crippen LogP contribution in [0.25, 0.3) is 21.9 Å². The zero-order valence-electron chi connectivity index (χ0n) is 15.1. The third-order valence-corrected chi connectivity index (χ3v) is 6.82. The molecular formula is C19H25N3O2S. The Morgan fingerprint density at radius 1 is 1.16 bits per heavy atom. The number of para-hydroxylation sites is 1. The number of fused-ring (bicyclic) bond motifs is 3. The fraction of sp³-hybridized carbons (Fsp3) is 0.474. The second-order valence-electron chi connectivity index (χ2n) is 6.71. The molecule has 0 spiro atoms. The van der Waals surface area contributed by atoms with Crippen LogP contribution in [0.3, 0.4) is 0 Å². The third-order valence-electron chi connectivity index (χ3n) is 4.63. The summed E-state index contributed by atoms with van der Waals surface area (Å²) in [5, 5.41) is 0.664. The van der Waals surface area contributed by atoms with Crippen molar-refractivity contribution in [3.63, 3.8) is 0 Å². The lowest BCUT2D eigenvalue weighted by Crippen LogP contribution is -2.22. The van der Waals surface area contributed by atoms with E-state index in [1.54, 1.807) is 20.0 Å². The molecule has 5 nitrogen and oxygen atoms in total. The number of sulfone groups is 1. The minimum atomic E-state index is -3.10. The average molecular weight is 359 g/mol. The highest BCUT2D eigenvalue weighted by Crippen LogP contribution is 2.25. The van der Waals surface area contributed by atoms with Gasteiger partial charge in [-0.05, 0) is 26.3 Å².